The van der Waals surface area contributed by atoms with Crippen molar-refractivity contribution in [2.24, 2.45) is 0 Å². The second-order valence-corrected chi connectivity index (χ2v) is 7.68. The molecule has 0 aromatic heterocycles. The third-order valence-corrected chi connectivity index (χ3v) is 5.78. The molecule has 2 heterocycles. The molecule has 0 bridgehead atoms. The predicted molar refractivity (Wildman–Crippen MR) is 104 cm³/mol. The molecule has 2 saturated heterocycles. The highest BCUT2D eigenvalue weighted by Crippen LogP contribution is 2.38. The minimum atomic E-state index is -0.957. The molecule has 0 spiro atoms. The van der Waals surface area contributed by atoms with Crippen molar-refractivity contribution < 1.29 is 48.7 Å². The SMILES string of the molecule is O=C(O[C@H]1CO[C@H]2[C@@H]1OC[C@H]2O[N+](=O)[O-])c1cc(O)c2c(c1)C(=O)c1cccc(O)c1C2=O. The molecule has 0 unspecified atom stereocenters. The van der Waals surface area contributed by atoms with Gasteiger partial charge >= 0.3 is 5.97 Å². The molecule has 3 aliphatic rings. The monoisotopic (exact) mass is 457 g/mol. The van der Waals surface area contributed by atoms with Crippen LogP contribution in [0.4, 0.5) is 0 Å². The highest BCUT2D eigenvalue weighted by Gasteiger charge is 2.51. The standard InChI is InChI=1S/C21H15NO11/c23-11-3-1-2-9-15(11)18(26)16-10(17(9)25)4-8(5-12(16)24)21(27)32-13-6-30-20-14(33-22(28)29)7-31-19(13)20/h1-5,13-14,19-20,23-24H,6-7H2/t13-,14+,19+,20+/m0/s1. The molecular weight excluding hydrogens is 442 g/mol. The van der Waals surface area contributed by atoms with Gasteiger partial charge in [-0.05, 0) is 18.2 Å². The first-order valence-corrected chi connectivity index (χ1v) is 9.80. The Bertz CT molecular complexity index is 1220. The molecule has 2 N–H and O–H groups in total. The third-order valence-electron chi connectivity index (χ3n) is 5.78. The fraction of sp³-hybridized carbons (Fsp3) is 0.286. The average Bonchev–Trinajstić information content (AvgIpc) is 3.34. The third kappa shape index (κ3) is 3.27. The Morgan fingerprint density at radius 2 is 1.64 bits per heavy atom. The fourth-order valence-corrected chi connectivity index (χ4v) is 4.34. The van der Waals surface area contributed by atoms with Gasteiger partial charge in [-0.15, -0.1) is 10.1 Å². The van der Waals surface area contributed by atoms with Crippen molar-refractivity contribution in [2.45, 2.75) is 24.4 Å². The second-order valence-electron chi connectivity index (χ2n) is 7.68. The Hall–Kier alpha value is -4.03. The number of esters is 1. The summed E-state index contributed by atoms with van der Waals surface area (Å²) in [5.74, 6) is -3.34. The van der Waals surface area contributed by atoms with Gasteiger partial charge in [0, 0.05) is 11.1 Å². The molecule has 1 aliphatic carbocycles. The number of benzene rings is 2. The summed E-state index contributed by atoms with van der Waals surface area (Å²) < 4.78 is 16.3. The number of rotatable bonds is 4. The molecule has 0 saturated carbocycles. The van der Waals surface area contributed by atoms with Gasteiger partial charge in [0.15, 0.2) is 18.0 Å². The number of aromatic hydroxyl groups is 2. The van der Waals surface area contributed by atoms with E-state index in [0.717, 1.165) is 12.1 Å². The summed E-state index contributed by atoms with van der Waals surface area (Å²) >= 11 is 0. The number of hydrogen-bond acceptors (Lipinski definition) is 11. The first kappa shape index (κ1) is 20.8. The van der Waals surface area contributed by atoms with Crippen molar-refractivity contribution in [3.63, 3.8) is 0 Å². The van der Waals surface area contributed by atoms with Gasteiger partial charge in [-0.1, -0.05) is 12.1 Å². The number of fused-ring (bicyclic) bond motifs is 3. The number of hydrogen-bond donors (Lipinski definition) is 2. The van der Waals surface area contributed by atoms with Crippen LogP contribution in [0.1, 0.15) is 42.2 Å². The van der Waals surface area contributed by atoms with Crippen LogP contribution in [0, 0.1) is 10.1 Å². The largest absolute Gasteiger partial charge is 0.507 e. The first-order chi connectivity index (χ1) is 15.8. The molecule has 0 amide bonds. The molecule has 2 aliphatic heterocycles. The van der Waals surface area contributed by atoms with E-state index in [9.17, 15) is 34.7 Å². The number of phenolic OH excluding ortho intramolecular Hbond substituents is 2. The van der Waals surface area contributed by atoms with Crippen LogP contribution in [0.25, 0.3) is 0 Å². The fourth-order valence-electron chi connectivity index (χ4n) is 4.34. The van der Waals surface area contributed by atoms with Crippen LogP contribution in [0.5, 0.6) is 11.5 Å². The molecule has 5 rings (SSSR count). The summed E-state index contributed by atoms with van der Waals surface area (Å²) in [6, 6.07) is 6.12. The zero-order valence-electron chi connectivity index (χ0n) is 16.6. The topological polar surface area (TPSA) is 172 Å². The van der Waals surface area contributed by atoms with Gasteiger partial charge in [0.25, 0.3) is 5.09 Å². The zero-order valence-corrected chi connectivity index (χ0v) is 16.6. The van der Waals surface area contributed by atoms with Gasteiger partial charge in [0.1, 0.15) is 23.7 Å². The van der Waals surface area contributed by atoms with E-state index in [1.165, 1.54) is 18.2 Å². The zero-order chi connectivity index (χ0) is 23.4. The molecule has 170 valence electrons. The smallest absolute Gasteiger partial charge is 0.338 e. The molecule has 2 aromatic rings. The Morgan fingerprint density at radius 1 is 0.970 bits per heavy atom. The summed E-state index contributed by atoms with van der Waals surface area (Å²) in [6.07, 6.45) is -3.45. The Balaban J connectivity index is 1.40. The van der Waals surface area contributed by atoms with Crippen LogP contribution >= 0.6 is 0 Å². The average molecular weight is 457 g/mol. The van der Waals surface area contributed by atoms with Crippen LogP contribution in [-0.4, -0.2) is 70.5 Å². The lowest BCUT2D eigenvalue weighted by atomic mass is 9.82. The number of ether oxygens (including phenoxy) is 3. The molecule has 2 fully saturated rings. The highest BCUT2D eigenvalue weighted by molar-refractivity contribution is 6.30. The molecule has 12 heteroatoms. The van der Waals surface area contributed by atoms with Crippen LogP contribution in [0.2, 0.25) is 0 Å². The van der Waals surface area contributed by atoms with Crippen LogP contribution in [-0.2, 0) is 19.0 Å². The lowest BCUT2D eigenvalue weighted by Gasteiger charge is -2.21. The minimum Gasteiger partial charge on any atom is -0.507 e. The maximum absolute atomic E-state index is 12.9. The summed E-state index contributed by atoms with van der Waals surface area (Å²) in [4.78, 5) is 53.6. The second kappa shape index (κ2) is 7.53. The van der Waals surface area contributed by atoms with E-state index in [4.69, 9.17) is 14.2 Å². The van der Waals surface area contributed by atoms with Gasteiger partial charge in [0.05, 0.1) is 29.9 Å². The van der Waals surface area contributed by atoms with Crippen molar-refractivity contribution in [1.29, 1.82) is 0 Å². The summed E-state index contributed by atoms with van der Waals surface area (Å²) in [5, 5.41) is 30.1. The Labute approximate surface area is 184 Å². The number of carbonyl (C=O) groups is 3. The van der Waals surface area contributed by atoms with E-state index in [1.54, 1.807) is 0 Å². The number of ketones is 2. The van der Waals surface area contributed by atoms with Gasteiger partial charge in [-0.2, -0.15) is 0 Å². The van der Waals surface area contributed by atoms with Gasteiger partial charge in [-0.3, -0.25) is 9.59 Å². The highest BCUT2D eigenvalue weighted by atomic mass is 17.0. The van der Waals surface area contributed by atoms with E-state index in [2.05, 4.69) is 4.84 Å². The van der Waals surface area contributed by atoms with Crippen LogP contribution in [0.15, 0.2) is 30.3 Å². The predicted octanol–water partition coefficient (Wildman–Crippen LogP) is 0.773. The summed E-state index contributed by atoms with van der Waals surface area (Å²) in [5.41, 5.74) is -1.01. The van der Waals surface area contributed by atoms with Crippen LogP contribution < -0.4 is 0 Å². The van der Waals surface area contributed by atoms with Gasteiger partial charge in [0.2, 0.25) is 5.78 Å². The first-order valence-electron chi connectivity index (χ1n) is 9.80. The van der Waals surface area contributed by atoms with E-state index in [-0.39, 0.29) is 41.0 Å². The number of phenols is 2. The lowest BCUT2D eigenvalue weighted by Crippen LogP contribution is -2.35. The lowest BCUT2D eigenvalue weighted by molar-refractivity contribution is -0.769. The van der Waals surface area contributed by atoms with Crippen molar-refractivity contribution >= 4 is 17.5 Å². The van der Waals surface area contributed by atoms with Crippen molar-refractivity contribution in [2.75, 3.05) is 13.2 Å². The molecule has 2 aromatic carbocycles. The normalized spacial score (nSPS) is 25.2. The van der Waals surface area contributed by atoms with Gasteiger partial charge < -0.3 is 29.3 Å². The van der Waals surface area contributed by atoms with Crippen molar-refractivity contribution in [1.82, 2.24) is 0 Å². The number of nitrogens with zero attached hydrogens (tertiary/aromatic N) is 1. The number of carbonyl (C=O) groups excluding carboxylic acids is 3. The van der Waals surface area contributed by atoms with E-state index in [0.29, 0.717) is 0 Å². The molecule has 4 atom stereocenters. The van der Waals surface area contributed by atoms with Crippen molar-refractivity contribution in [3.8, 4) is 11.5 Å². The molecule has 12 nitrogen and oxygen atoms in total. The molecule has 0 radical (unpaired) electrons. The minimum absolute atomic E-state index is 0.0550. The van der Waals surface area contributed by atoms with Crippen molar-refractivity contribution in [3.05, 3.63) is 68.3 Å². The summed E-state index contributed by atoms with van der Waals surface area (Å²) in [7, 11) is 0. The van der Waals surface area contributed by atoms with Gasteiger partial charge in [-0.25, -0.2) is 4.79 Å². The Kier molecular flexibility index (Phi) is 4.76. The molecular formula is C21H15NO11. The molecule has 33 heavy (non-hydrogen) atoms. The van der Waals surface area contributed by atoms with E-state index in [1.807, 2.05) is 0 Å². The maximum Gasteiger partial charge on any atom is 0.338 e. The Morgan fingerprint density at radius 3 is 2.36 bits per heavy atom. The summed E-state index contributed by atoms with van der Waals surface area (Å²) in [6.45, 7) is -0.216. The quantitative estimate of drug-likeness (QED) is 0.322. The van der Waals surface area contributed by atoms with Crippen LogP contribution in [0.3, 0.4) is 0 Å². The maximum atomic E-state index is 12.9. The van der Waals surface area contributed by atoms with E-state index >= 15 is 0 Å². The van der Waals surface area contributed by atoms with E-state index < -0.39 is 58.5 Å².